The second kappa shape index (κ2) is 5.14. The van der Waals surface area contributed by atoms with E-state index in [0.29, 0.717) is 29.5 Å². The highest BCUT2D eigenvalue weighted by Gasteiger charge is 2.30. The highest BCUT2D eigenvalue weighted by Crippen LogP contribution is 2.24. The molecule has 3 nitrogen and oxygen atoms in total. The van der Waals surface area contributed by atoms with Crippen LogP contribution in [0.5, 0.6) is 0 Å². The molecule has 1 saturated heterocycles. The maximum absolute atomic E-state index is 13.8. The first-order chi connectivity index (χ1) is 8.09. The first kappa shape index (κ1) is 12.5. The summed E-state index contributed by atoms with van der Waals surface area (Å²) in [4.78, 5) is 12.8. The van der Waals surface area contributed by atoms with Crippen molar-refractivity contribution in [2.45, 2.75) is 25.4 Å². The van der Waals surface area contributed by atoms with Gasteiger partial charge in [0.2, 0.25) is 0 Å². The number of nitrogens with zero attached hydrogens (tertiary/aromatic N) is 1. The molecule has 0 radical (unpaired) electrons. The van der Waals surface area contributed by atoms with Crippen molar-refractivity contribution in [2.24, 2.45) is 0 Å². The highest BCUT2D eigenvalue weighted by molar-refractivity contribution is 9.10. The Bertz CT molecular complexity index is 439. The zero-order valence-electron chi connectivity index (χ0n) is 9.20. The molecule has 5 heteroatoms. The molecule has 1 fully saturated rings. The van der Waals surface area contributed by atoms with Crippen LogP contribution < -0.4 is 0 Å². The number of rotatable bonds is 3. The molecular formula is C12H13BrFNO2. The van der Waals surface area contributed by atoms with Crippen LogP contribution in [0, 0.1) is 5.82 Å². The van der Waals surface area contributed by atoms with Gasteiger partial charge >= 0.3 is 5.97 Å². The molecule has 2 rings (SSSR count). The minimum absolute atomic E-state index is 0.302. The van der Waals surface area contributed by atoms with Crippen LogP contribution in [-0.4, -0.2) is 28.6 Å². The Morgan fingerprint density at radius 2 is 2.35 bits per heavy atom. The average Bonchev–Trinajstić information content (AvgIpc) is 2.73. The summed E-state index contributed by atoms with van der Waals surface area (Å²) >= 11 is 3.13. The van der Waals surface area contributed by atoms with Gasteiger partial charge in [-0.1, -0.05) is 12.1 Å². The Balaban J connectivity index is 2.15. The number of aliphatic carboxylic acids is 1. The van der Waals surface area contributed by atoms with Crippen molar-refractivity contribution in [1.82, 2.24) is 4.90 Å². The number of benzene rings is 1. The van der Waals surface area contributed by atoms with E-state index in [0.717, 1.165) is 6.42 Å². The zero-order chi connectivity index (χ0) is 12.4. The Labute approximate surface area is 107 Å². The SMILES string of the molecule is O=C(O)[C@@H]1CCCN1Cc1cccc(Br)c1F. The average molecular weight is 302 g/mol. The van der Waals surface area contributed by atoms with E-state index in [9.17, 15) is 9.18 Å². The summed E-state index contributed by atoms with van der Waals surface area (Å²) in [6.45, 7) is 1.06. The molecule has 1 aliphatic rings. The quantitative estimate of drug-likeness (QED) is 0.933. The van der Waals surface area contributed by atoms with Gasteiger partial charge in [-0.2, -0.15) is 0 Å². The number of hydrogen-bond acceptors (Lipinski definition) is 2. The van der Waals surface area contributed by atoms with Gasteiger partial charge in [0.1, 0.15) is 11.9 Å². The predicted molar refractivity (Wildman–Crippen MR) is 65.2 cm³/mol. The second-order valence-corrected chi connectivity index (χ2v) is 5.03. The predicted octanol–water partition coefficient (Wildman–Crippen LogP) is 2.64. The molecule has 0 aromatic heterocycles. The lowest BCUT2D eigenvalue weighted by molar-refractivity contribution is -0.142. The van der Waals surface area contributed by atoms with Crippen molar-refractivity contribution in [2.75, 3.05) is 6.54 Å². The molecule has 92 valence electrons. The molecule has 0 amide bonds. The molecule has 17 heavy (non-hydrogen) atoms. The number of carbonyl (C=O) groups is 1. The lowest BCUT2D eigenvalue weighted by Gasteiger charge is -2.21. The molecule has 1 aromatic rings. The molecule has 1 heterocycles. The van der Waals surface area contributed by atoms with Gasteiger partial charge in [-0.05, 0) is 41.4 Å². The van der Waals surface area contributed by atoms with Crippen LogP contribution in [0.15, 0.2) is 22.7 Å². The molecule has 0 bridgehead atoms. The molecule has 0 aliphatic carbocycles. The minimum Gasteiger partial charge on any atom is -0.480 e. The van der Waals surface area contributed by atoms with E-state index in [4.69, 9.17) is 5.11 Å². The van der Waals surface area contributed by atoms with E-state index in [1.807, 2.05) is 4.90 Å². The van der Waals surface area contributed by atoms with E-state index < -0.39 is 12.0 Å². The summed E-state index contributed by atoms with van der Waals surface area (Å²) in [5, 5.41) is 9.04. The third-order valence-electron chi connectivity index (χ3n) is 3.05. The smallest absolute Gasteiger partial charge is 0.320 e. The fourth-order valence-electron chi connectivity index (χ4n) is 2.18. The van der Waals surface area contributed by atoms with Gasteiger partial charge in [0.15, 0.2) is 0 Å². The number of carboxylic acid groups (broad SMARTS) is 1. The van der Waals surface area contributed by atoms with Gasteiger partial charge < -0.3 is 5.11 Å². The molecule has 1 N–H and O–H groups in total. The van der Waals surface area contributed by atoms with Crippen molar-refractivity contribution < 1.29 is 14.3 Å². The van der Waals surface area contributed by atoms with E-state index >= 15 is 0 Å². The standard InChI is InChI=1S/C12H13BrFNO2/c13-9-4-1-3-8(11(9)14)7-15-6-2-5-10(15)12(16)17/h1,3-4,10H,2,5-7H2,(H,16,17)/t10-/m0/s1. The van der Waals surface area contributed by atoms with Crippen LogP contribution >= 0.6 is 15.9 Å². The van der Waals surface area contributed by atoms with E-state index in [1.165, 1.54) is 0 Å². The van der Waals surface area contributed by atoms with Crippen LogP contribution in [-0.2, 0) is 11.3 Å². The lowest BCUT2D eigenvalue weighted by atomic mass is 10.1. The normalized spacial score (nSPS) is 20.7. The molecule has 1 aliphatic heterocycles. The Morgan fingerprint density at radius 1 is 1.59 bits per heavy atom. The number of halogens is 2. The molecule has 0 spiro atoms. The molecule has 1 atom stereocenters. The first-order valence-corrected chi connectivity index (χ1v) is 6.28. The summed E-state index contributed by atoms with van der Waals surface area (Å²) in [7, 11) is 0. The van der Waals surface area contributed by atoms with Gasteiger partial charge in [0.25, 0.3) is 0 Å². The molecule has 1 aromatic carbocycles. The van der Waals surface area contributed by atoms with E-state index in [-0.39, 0.29) is 5.82 Å². The van der Waals surface area contributed by atoms with Gasteiger partial charge in [0, 0.05) is 12.1 Å². The summed E-state index contributed by atoms with van der Waals surface area (Å²) in [6, 6.07) is 4.61. The van der Waals surface area contributed by atoms with Crippen molar-refractivity contribution in [1.29, 1.82) is 0 Å². The highest BCUT2D eigenvalue weighted by atomic mass is 79.9. The zero-order valence-corrected chi connectivity index (χ0v) is 10.8. The van der Waals surface area contributed by atoms with Crippen LogP contribution in [0.25, 0.3) is 0 Å². The van der Waals surface area contributed by atoms with Crippen LogP contribution in [0.1, 0.15) is 18.4 Å². The third kappa shape index (κ3) is 2.66. The third-order valence-corrected chi connectivity index (χ3v) is 3.67. The number of carboxylic acids is 1. The number of likely N-dealkylation sites (tertiary alicyclic amines) is 1. The molecule has 0 saturated carbocycles. The van der Waals surface area contributed by atoms with Crippen molar-refractivity contribution in [3.05, 3.63) is 34.1 Å². The van der Waals surface area contributed by atoms with Gasteiger partial charge in [-0.25, -0.2) is 4.39 Å². The second-order valence-electron chi connectivity index (χ2n) is 4.18. The van der Waals surface area contributed by atoms with E-state index in [2.05, 4.69) is 15.9 Å². The lowest BCUT2D eigenvalue weighted by Crippen LogP contribution is -2.35. The maximum atomic E-state index is 13.8. The van der Waals surface area contributed by atoms with E-state index in [1.54, 1.807) is 18.2 Å². The summed E-state index contributed by atoms with van der Waals surface area (Å²) in [5.41, 5.74) is 0.535. The number of hydrogen-bond donors (Lipinski definition) is 1. The summed E-state index contributed by atoms with van der Waals surface area (Å²) < 4.78 is 14.2. The minimum atomic E-state index is -0.821. The van der Waals surface area contributed by atoms with Crippen LogP contribution in [0.4, 0.5) is 4.39 Å². The monoisotopic (exact) mass is 301 g/mol. The maximum Gasteiger partial charge on any atom is 0.320 e. The molecule has 0 unspecified atom stereocenters. The van der Waals surface area contributed by atoms with Crippen molar-refractivity contribution in [3.8, 4) is 0 Å². The Morgan fingerprint density at radius 3 is 3.06 bits per heavy atom. The van der Waals surface area contributed by atoms with Crippen molar-refractivity contribution in [3.63, 3.8) is 0 Å². The largest absolute Gasteiger partial charge is 0.480 e. The fourth-order valence-corrected chi connectivity index (χ4v) is 2.59. The Hall–Kier alpha value is -0.940. The van der Waals surface area contributed by atoms with Gasteiger partial charge in [-0.15, -0.1) is 0 Å². The first-order valence-electron chi connectivity index (χ1n) is 5.49. The Kier molecular flexibility index (Phi) is 3.79. The molecular weight excluding hydrogens is 289 g/mol. The van der Waals surface area contributed by atoms with Crippen LogP contribution in [0.2, 0.25) is 0 Å². The van der Waals surface area contributed by atoms with Crippen LogP contribution in [0.3, 0.4) is 0 Å². The van der Waals surface area contributed by atoms with Gasteiger partial charge in [0.05, 0.1) is 4.47 Å². The topological polar surface area (TPSA) is 40.5 Å². The summed E-state index contributed by atoms with van der Waals surface area (Å²) in [6.07, 6.45) is 1.50. The fraction of sp³-hybridized carbons (Fsp3) is 0.417. The van der Waals surface area contributed by atoms with Crippen molar-refractivity contribution >= 4 is 21.9 Å². The summed E-state index contributed by atoms with van der Waals surface area (Å²) in [5.74, 6) is -1.12. The van der Waals surface area contributed by atoms with Gasteiger partial charge in [-0.3, -0.25) is 9.69 Å².